The number of carbonyl (C=O) groups is 1. The number of halogens is 1. The van der Waals surface area contributed by atoms with Gasteiger partial charge in [0.2, 0.25) is 71.4 Å². The summed E-state index contributed by atoms with van der Waals surface area (Å²) in [5.74, 6) is 4.51. The third-order valence-electron chi connectivity index (χ3n) is 16.8. The van der Waals surface area contributed by atoms with Crippen LogP contribution in [0.1, 0.15) is 40.9 Å². The molecule has 0 saturated heterocycles. The molecule has 586 valence electrons. The number of hydrogen-bond acceptors (Lipinski definition) is 26. The van der Waals surface area contributed by atoms with Crippen molar-refractivity contribution in [1.82, 2.24) is 59.8 Å². The lowest BCUT2D eigenvalue weighted by molar-refractivity contribution is 0.0527. The summed E-state index contributed by atoms with van der Waals surface area (Å²) >= 11 is 6.25. The van der Waals surface area contributed by atoms with Crippen molar-refractivity contribution in [2.45, 2.75) is 34.1 Å². The number of aryl methyl sites for hydroxylation is 3. The highest BCUT2D eigenvalue weighted by Crippen LogP contribution is 2.30. The number of aromatic nitrogens is 12. The molecule has 0 atom stereocenters. The van der Waals surface area contributed by atoms with Gasteiger partial charge in [0.15, 0.2) is 0 Å². The van der Waals surface area contributed by atoms with Crippen molar-refractivity contribution in [2.75, 3.05) is 70.4 Å². The Morgan fingerprint density at radius 2 is 0.500 bits per heavy atom. The molecule has 12 N–H and O–H groups in total. The average Bonchev–Trinajstić information content (AvgIpc) is 0.839. The second-order valence-corrected chi connectivity index (χ2v) is 26.1. The fourth-order valence-corrected chi connectivity index (χ4v) is 11.5. The predicted molar refractivity (Wildman–Crippen MR) is 476 cm³/mol. The SMILES string of the molecule is CCOC(=O)c1ccccc1Nc1nc(Nc2ccccc2)nc(Nc2ccccc2)n1.CCc1ccccc1Nc1nc(Nc2ccccc2)nc(Nc2ccccc2)n1.Cc1ccc(Nc2nc(Nc3ccccc3)nc(Nc3ccccc3)n2)c(C)c1.Clc1ccccc1Nc1nc(Nc2ccccc2)nc(Nc2ccccc2)n1. The van der Waals surface area contributed by atoms with Crippen LogP contribution < -0.4 is 63.8 Å². The quantitative estimate of drug-likeness (QED) is 0.0213. The van der Waals surface area contributed by atoms with Crippen molar-refractivity contribution < 1.29 is 9.53 Å². The minimum atomic E-state index is -0.421. The number of carbonyl (C=O) groups excluding carboxylic acids is 1. The first-order chi connectivity index (χ1) is 57.9. The summed E-state index contributed by atoms with van der Waals surface area (Å²) in [4.78, 5) is 66.4. The van der Waals surface area contributed by atoms with Crippen LogP contribution in [-0.4, -0.2) is 72.4 Å². The molecular formula is C91H83ClN24O2. The van der Waals surface area contributed by atoms with Gasteiger partial charge in [-0.1, -0.05) is 224 Å². The van der Waals surface area contributed by atoms with Crippen LogP contribution in [0.3, 0.4) is 0 Å². The molecular weight excluding hydrogens is 1500 g/mol. The highest BCUT2D eigenvalue weighted by molar-refractivity contribution is 6.33. The Kier molecular flexibility index (Phi) is 28.2. The van der Waals surface area contributed by atoms with E-state index in [1.807, 2.05) is 291 Å². The van der Waals surface area contributed by atoms with Crippen molar-refractivity contribution in [3.8, 4) is 0 Å². The monoisotopic (exact) mass is 1580 g/mol. The van der Waals surface area contributed by atoms with Gasteiger partial charge in [-0.3, -0.25) is 0 Å². The maximum absolute atomic E-state index is 12.3. The maximum atomic E-state index is 12.3. The summed E-state index contributed by atoms with van der Waals surface area (Å²) in [6.45, 7) is 8.31. The van der Waals surface area contributed by atoms with E-state index in [2.05, 4.69) is 163 Å². The van der Waals surface area contributed by atoms with Crippen LogP contribution in [-0.2, 0) is 11.2 Å². The van der Waals surface area contributed by atoms with E-state index in [1.54, 1.807) is 31.2 Å². The lowest BCUT2D eigenvalue weighted by Crippen LogP contribution is -2.10. The molecule has 4 heterocycles. The summed E-state index contributed by atoms with van der Waals surface area (Å²) in [6, 6.07) is 107. The van der Waals surface area contributed by atoms with Gasteiger partial charge < -0.3 is 68.5 Å². The molecule has 0 aliphatic rings. The van der Waals surface area contributed by atoms with Crippen LogP contribution in [0.15, 0.2) is 334 Å². The molecule has 4 aromatic heterocycles. The standard InChI is InChI=1S/C24H22N6O2.2C23H22N6.C21H17ClN6/c1-2-32-21(31)19-15-9-10-16-20(19)27-24-29-22(25-17-11-5-3-6-12-17)28-23(30-24)26-18-13-7-4-8-14-18;1-16-13-14-20(17(2)15-16)26-23-28-21(24-18-9-5-3-6-10-18)27-22(29-23)25-19-11-7-4-8-12-19;1-2-17-11-9-10-16-20(17)26-23-28-21(24-18-12-5-3-6-13-18)27-22(29-23)25-19-14-7-4-8-15-19;22-17-13-7-8-14-18(17)25-21-27-19(23-15-9-3-1-4-10-15)26-20(28-21)24-16-11-5-2-6-12-16/h3-16H,2H2,1H3,(H3,25,26,27,28,29,30);3-15H,1-2H3,(H3,24,25,26,27,28,29);3-16H,2H2,1H3,(H3,24,25,26,27,28,29);1-14H,(H3,23,24,25,26,27,28). The van der Waals surface area contributed by atoms with Crippen LogP contribution in [0.4, 0.5) is 140 Å². The van der Waals surface area contributed by atoms with Crippen LogP contribution >= 0.6 is 11.6 Å². The largest absolute Gasteiger partial charge is 0.462 e. The number of benzene rings is 12. The molecule has 0 unspecified atom stereocenters. The second-order valence-electron chi connectivity index (χ2n) is 25.7. The minimum absolute atomic E-state index is 0.272. The van der Waals surface area contributed by atoms with E-state index >= 15 is 0 Å². The number of anilines is 24. The van der Waals surface area contributed by atoms with Gasteiger partial charge in [0.05, 0.1) is 28.6 Å². The molecule has 0 fully saturated rings. The van der Waals surface area contributed by atoms with Crippen molar-refractivity contribution in [3.05, 3.63) is 361 Å². The zero-order valence-electron chi connectivity index (χ0n) is 64.7. The number of rotatable bonds is 27. The lowest BCUT2D eigenvalue weighted by Gasteiger charge is -2.13. The van der Waals surface area contributed by atoms with E-state index in [0.717, 1.165) is 68.9 Å². The van der Waals surface area contributed by atoms with Crippen LogP contribution in [0.2, 0.25) is 5.02 Å². The normalized spacial score (nSPS) is 10.3. The molecule has 26 nitrogen and oxygen atoms in total. The third-order valence-corrected chi connectivity index (χ3v) is 17.2. The van der Waals surface area contributed by atoms with E-state index in [-0.39, 0.29) is 12.6 Å². The first kappa shape index (κ1) is 80.1. The topological polar surface area (TPSA) is 325 Å². The van der Waals surface area contributed by atoms with E-state index in [4.69, 9.17) is 16.3 Å². The van der Waals surface area contributed by atoms with Crippen molar-refractivity contribution in [1.29, 1.82) is 0 Å². The third kappa shape index (κ3) is 24.8. The van der Waals surface area contributed by atoms with E-state index in [9.17, 15) is 4.79 Å². The van der Waals surface area contributed by atoms with Gasteiger partial charge in [-0.15, -0.1) is 0 Å². The maximum Gasteiger partial charge on any atom is 0.340 e. The van der Waals surface area contributed by atoms with Gasteiger partial charge in [0, 0.05) is 56.9 Å². The Bertz CT molecular complexity index is 5610. The molecule has 0 spiro atoms. The summed E-state index contributed by atoms with van der Waals surface area (Å²) in [7, 11) is 0. The molecule has 12 aromatic carbocycles. The van der Waals surface area contributed by atoms with Crippen molar-refractivity contribution in [2.24, 2.45) is 0 Å². The molecule has 0 aliphatic carbocycles. The molecule has 0 radical (unpaired) electrons. The Balaban J connectivity index is 0.000000137. The summed E-state index contributed by atoms with van der Waals surface area (Å²) in [5.41, 5.74) is 14.2. The smallest absolute Gasteiger partial charge is 0.340 e. The molecule has 0 bridgehead atoms. The lowest BCUT2D eigenvalue weighted by atomic mass is 10.1. The Labute approximate surface area is 688 Å². The van der Waals surface area contributed by atoms with Crippen molar-refractivity contribution in [3.63, 3.8) is 0 Å². The molecule has 16 aromatic rings. The first-order valence-electron chi connectivity index (χ1n) is 37.8. The molecule has 0 amide bonds. The molecule has 16 rings (SSSR count). The second kappa shape index (κ2) is 41.5. The number of esters is 1. The van der Waals surface area contributed by atoms with Gasteiger partial charge in [-0.05, 0) is 172 Å². The Morgan fingerprint density at radius 3 is 0.788 bits per heavy atom. The summed E-state index contributed by atoms with van der Waals surface area (Å²) < 4.78 is 5.15. The number of nitrogens with zero attached hydrogens (tertiary/aromatic N) is 12. The van der Waals surface area contributed by atoms with Crippen LogP contribution in [0.5, 0.6) is 0 Å². The fraction of sp³-hybridized carbons (Fsp3) is 0.0659. The number of nitrogens with one attached hydrogen (secondary N) is 12. The van der Waals surface area contributed by atoms with E-state index in [0.29, 0.717) is 87.4 Å². The zero-order chi connectivity index (χ0) is 81.3. The van der Waals surface area contributed by atoms with Crippen molar-refractivity contribution >= 4 is 157 Å². The Morgan fingerprint density at radius 1 is 0.263 bits per heavy atom. The summed E-state index contributed by atoms with van der Waals surface area (Å²) in [5, 5.41) is 39.2. The van der Waals surface area contributed by atoms with Crippen LogP contribution in [0.25, 0.3) is 0 Å². The fourth-order valence-electron chi connectivity index (χ4n) is 11.3. The van der Waals surface area contributed by atoms with Gasteiger partial charge in [0.25, 0.3) is 0 Å². The average molecular weight is 1580 g/mol. The first-order valence-corrected chi connectivity index (χ1v) is 38.2. The zero-order valence-corrected chi connectivity index (χ0v) is 65.5. The molecule has 0 saturated carbocycles. The highest BCUT2D eigenvalue weighted by Gasteiger charge is 2.18. The highest BCUT2D eigenvalue weighted by atomic mass is 35.5. The molecule has 27 heteroatoms. The number of para-hydroxylation sites is 11. The summed E-state index contributed by atoms with van der Waals surface area (Å²) in [6.07, 6.45) is 0.915. The molecule has 0 aliphatic heterocycles. The Hall–Kier alpha value is -16.0. The minimum Gasteiger partial charge on any atom is -0.462 e. The number of hydrogen-bond donors (Lipinski definition) is 12. The van der Waals surface area contributed by atoms with Crippen LogP contribution in [0, 0.1) is 13.8 Å². The van der Waals surface area contributed by atoms with E-state index in [1.165, 1.54) is 11.1 Å². The molecule has 118 heavy (non-hydrogen) atoms. The van der Waals surface area contributed by atoms with Gasteiger partial charge in [-0.2, -0.15) is 59.8 Å². The van der Waals surface area contributed by atoms with Gasteiger partial charge in [0.1, 0.15) is 0 Å². The van der Waals surface area contributed by atoms with Gasteiger partial charge >= 0.3 is 5.97 Å². The number of ether oxygens (including phenoxy) is 1. The predicted octanol–water partition coefficient (Wildman–Crippen LogP) is 22.4. The van der Waals surface area contributed by atoms with E-state index < -0.39 is 5.97 Å². The van der Waals surface area contributed by atoms with Gasteiger partial charge in [-0.25, -0.2) is 4.79 Å².